The van der Waals surface area contributed by atoms with Crippen LogP contribution in [-0.4, -0.2) is 17.6 Å². The van der Waals surface area contributed by atoms with Crippen molar-refractivity contribution in [3.63, 3.8) is 0 Å². The summed E-state index contributed by atoms with van der Waals surface area (Å²) in [6, 6.07) is 23.2. The molecule has 3 aromatic carbocycles. The SMILES string of the molecule is O=C(Cc1ccc2ccccc2c1)NC(CO)c1ccccc1. The molecule has 116 valence electrons. The first kappa shape index (κ1) is 15.3. The van der Waals surface area contributed by atoms with E-state index >= 15 is 0 Å². The second kappa shape index (κ2) is 7.07. The van der Waals surface area contributed by atoms with E-state index < -0.39 is 0 Å². The standard InChI is InChI=1S/C20H19NO2/c22-14-19(17-7-2-1-3-8-17)21-20(23)13-15-10-11-16-6-4-5-9-18(16)12-15/h1-12,19,22H,13-14H2,(H,21,23). The highest BCUT2D eigenvalue weighted by Gasteiger charge is 2.13. The van der Waals surface area contributed by atoms with Gasteiger partial charge < -0.3 is 10.4 Å². The summed E-state index contributed by atoms with van der Waals surface area (Å²) in [4.78, 5) is 12.3. The minimum atomic E-state index is -0.371. The molecule has 0 spiro atoms. The van der Waals surface area contributed by atoms with E-state index in [1.807, 2.05) is 66.7 Å². The van der Waals surface area contributed by atoms with Gasteiger partial charge >= 0.3 is 0 Å². The van der Waals surface area contributed by atoms with Crippen molar-refractivity contribution in [1.82, 2.24) is 5.32 Å². The Labute approximate surface area is 135 Å². The van der Waals surface area contributed by atoms with Crippen molar-refractivity contribution in [3.8, 4) is 0 Å². The van der Waals surface area contributed by atoms with E-state index in [0.29, 0.717) is 6.42 Å². The van der Waals surface area contributed by atoms with Crippen molar-refractivity contribution in [2.24, 2.45) is 0 Å². The van der Waals surface area contributed by atoms with E-state index in [4.69, 9.17) is 0 Å². The van der Waals surface area contributed by atoms with Crippen LogP contribution in [0, 0.1) is 0 Å². The number of fused-ring (bicyclic) bond motifs is 1. The lowest BCUT2D eigenvalue weighted by molar-refractivity contribution is -0.121. The second-order valence-electron chi connectivity index (χ2n) is 5.57. The summed E-state index contributed by atoms with van der Waals surface area (Å²) in [7, 11) is 0. The van der Waals surface area contributed by atoms with E-state index in [-0.39, 0.29) is 18.6 Å². The van der Waals surface area contributed by atoms with Crippen molar-refractivity contribution < 1.29 is 9.90 Å². The minimum absolute atomic E-state index is 0.0943. The van der Waals surface area contributed by atoms with Crippen LogP contribution in [0.2, 0.25) is 0 Å². The maximum atomic E-state index is 12.3. The molecule has 0 aliphatic carbocycles. The summed E-state index contributed by atoms with van der Waals surface area (Å²) >= 11 is 0. The van der Waals surface area contributed by atoms with Gasteiger partial charge in [0, 0.05) is 0 Å². The first-order valence-corrected chi connectivity index (χ1v) is 7.69. The Morgan fingerprint density at radius 1 is 0.913 bits per heavy atom. The Morgan fingerprint density at radius 3 is 2.35 bits per heavy atom. The van der Waals surface area contributed by atoms with Gasteiger partial charge in [0.05, 0.1) is 19.1 Å². The van der Waals surface area contributed by atoms with Gasteiger partial charge in [0.2, 0.25) is 5.91 Å². The van der Waals surface area contributed by atoms with E-state index in [2.05, 4.69) is 11.4 Å². The fourth-order valence-electron chi connectivity index (χ4n) is 2.70. The molecule has 23 heavy (non-hydrogen) atoms. The van der Waals surface area contributed by atoms with Crippen LogP contribution in [0.3, 0.4) is 0 Å². The van der Waals surface area contributed by atoms with E-state index in [1.165, 1.54) is 0 Å². The van der Waals surface area contributed by atoms with Gasteiger partial charge in [0.25, 0.3) is 0 Å². The predicted octanol–water partition coefficient (Wildman–Crippen LogP) is 3.23. The van der Waals surface area contributed by atoms with E-state index in [0.717, 1.165) is 21.9 Å². The average Bonchev–Trinajstić information content (AvgIpc) is 2.60. The highest BCUT2D eigenvalue weighted by Crippen LogP contribution is 2.17. The summed E-state index contributed by atoms with van der Waals surface area (Å²) in [5, 5.41) is 14.7. The van der Waals surface area contributed by atoms with Crippen molar-refractivity contribution in [2.45, 2.75) is 12.5 Å². The Morgan fingerprint density at radius 2 is 1.61 bits per heavy atom. The zero-order chi connectivity index (χ0) is 16.1. The lowest BCUT2D eigenvalue weighted by atomic mass is 10.0. The first-order chi connectivity index (χ1) is 11.3. The molecular formula is C20H19NO2. The minimum Gasteiger partial charge on any atom is -0.394 e. The van der Waals surface area contributed by atoms with E-state index in [9.17, 15) is 9.90 Å². The lowest BCUT2D eigenvalue weighted by Crippen LogP contribution is -2.31. The van der Waals surface area contributed by atoms with Crippen LogP contribution in [0.1, 0.15) is 17.2 Å². The monoisotopic (exact) mass is 305 g/mol. The molecule has 1 atom stereocenters. The number of aliphatic hydroxyl groups is 1. The Bertz CT molecular complexity index is 799. The first-order valence-electron chi connectivity index (χ1n) is 7.69. The molecule has 0 aromatic heterocycles. The molecule has 3 aromatic rings. The Balaban J connectivity index is 1.70. The summed E-state index contributed by atoms with van der Waals surface area (Å²) in [6.07, 6.45) is 0.300. The van der Waals surface area contributed by atoms with Crippen molar-refractivity contribution in [2.75, 3.05) is 6.61 Å². The number of carbonyl (C=O) groups excluding carboxylic acids is 1. The van der Waals surface area contributed by atoms with Crippen LogP contribution >= 0.6 is 0 Å². The quantitative estimate of drug-likeness (QED) is 0.760. The van der Waals surface area contributed by atoms with Gasteiger partial charge in [-0.15, -0.1) is 0 Å². The largest absolute Gasteiger partial charge is 0.394 e. The molecule has 0 saturated heterocycles. The molecule has 3 nitrogen and oxygen atoms in total. The maximum Gasteiger partial charge on any atom is 0.224 e. The Hall–Kier alpha value is -2.65. The molecule has 0 aliphatic rings. The van der Waals surface area contributed by atoms with E-state index in [1.54, 1.807) is 0 Å². The van der Waals surface area contributed by atoms with Gasteiger partial charge in [-0.1, -0.05) is 72.8 Å². The van der Waals surface area contributed by atoms with Crippen molar-refractivity contribution >= 4 is 16.7 Å². The van der Waals surface area contributed by atoms with Crippen LogP contribution in [0.25, 0.3) is 10.8 Å². The normalized spacial score (nSPS) is 12.0. The van der Waals surface area contributed by atoms with Crippen LogP contribution in [0.5, 0.6) is 0 Å². The van der Waals surface area contributed by atoms with Gasteiger partial charge in [-0.05, 0) is 21.9 Å². The number of hydrogen-bond donors (Lipinski definition) is 2. The van der Waals surface area contributed by atoms with Gasteiger partial charge in [-0.25, -0.2) is 0 Å². The molecular weight excluding hydrogens is 286 g/mol. The van der Waals surface area contributed by atoms with Crippen LogP contribution in [-0.2, 0) is 11.2 Å². The van der Waals surface area contributed by atoms with Gasteiger partial charge in [0.15, 0.2) is 0 Å². The summed E-state index contributed by atoms with van der Waals surface area (Å²) in [5.74, 6) is -0.0943. The number of hydrogen-bond acceptors (Lipinski definition) is 2. The molecule has 1 amide bonds. The van der Waals surface area contributed by atoms with Crippen LogP contribution in [0.15, 0.2) is 72.8 Å². The molecule has 0 bridgehead atoms. The number of carbonyl (C=O) groups is 1. The smallest absolute Gasteiger partial charge is 0.224 e. The second-order valence-corrected chi connectivity index (χ2v) is 5.57. The molecule has 3 heteroatoms. The topological polar surface area (TPSA) is 49.3 Å². The van der Waals surface area contributed by atoms with Crippen molar-refractivity contribution in [1.29, 1.82) is 0 Å². The fraction of sp³-hybridized carbons (Fsp3) is 0.150. The zero-order valence-electron chi connectivity index (χ0n) is 12.8. The van der Waals surface area contributed by atoms with Gasteiger partial charge in [-0.3, -0.25) is 4.79 Å². The molecule has 0 heterocycles. The van der Waals surface area contributed by atoms with Gasteiger partial charge in [-0.2, -0.15) is 0 Å². The van der Waals surface area contributed by atoms with Crippen molar-refractivity contribution in [3.05, 3.63) is 83.9 Å². The number of benzene rings is 3. The lowest BCUT2D eigenvalue weighted by Gasteiger charge is -2.16. The molecule has 0 aliphatic heterocycles. The summed E-state index contributed by atoms with van der Waals surface area (Å²) in [6.45, 7) is -0.118. The van der Waals surface area contributed by atoms with Crippen LogP contribution < -0.4 is 5.32 Å². The molecule has 0 fully saturated rings. The zero-order valence-corrected chi connectivity index (χ0v) is 12.8. The fourth-order valence-corrected chi connectivity index (χ4v) is 2.70. The third-order valence-corrected chi connectivity index (χ3v) is 3.90. The molecule has 1 unspecified atom stereocenters. The third kappa shape index (κ3) is 3.76. The molecule has 2 N–H and O–H groups in total. The number of aliphatic hydroxyl groups excluding tert-OH is 1. The Kier molecular flexibility index (Phi) is 4.69. The molecule has 3 rings (SSSR count). The highest BCUT2D eigenvalue weighted by molar-refractivity contribution is 5.85. The highest BCUT2D eigenvalue weighted by atomic mass is 16.3. The molecule has 0 saturated carbocycles. The molecule has 0 radical (unpaired) electrons. The maximum absolute atomic E-state index is 12.3. The van der Waals surface area contributed by atoms with Gasteiger partial charge in [0.1, 0.15) is 0 Å². The number of nitrogens with one attached hydrogen (secondary N) is 1. The third-order valence-electron chi connectivity index (χ3n) is 3.90. The number of amides is 1. The van der Waals surface area contributed by atoms with Crippen LogP contribution in [0.4, 0.5) is 0 Å². The summed E-state index contributed by atoms with van der Waals surface area (Å²) in [5.41, 5.74) is 1.87. The predicted molar refractivity (Wildman–Crippen MR) is 92.1 cm³/mol. The number of rotatable bonds is 5. The average molecular weight is 305 g/mol. The summed E-state index contributed by atoms with van der Waals surface area (Å²) < 4.78 is 0.